The lowest BCUT2D eigenvalue weighted by Crippen LogP contribution is -2.37. The van der Waals surface area contributed by atoms with Crippen molar-refractivity contribution < 1.29 is 13.2 Å². The fourth-order valence-corrected chi connectivity index (χ4v) is 3.13. The summed E-state index contributed by atoms with van der Waals surface area (Å²) in [6.45, 7) is 3.51. The van der Waals surface area contributed by atoms with Crippen LogP contribution in [0.15, 0.2) is 29.2 Å². The second-order valence-corrected chi connectivity index (χ2v) is 7.33. The minimum atomic E-state index is -3.26. The highest BCUT2D eigenvalue weighted by Crippen LogP contribution is 2.31. The number of amides is 1. The normalized spacial score (nSPS) is 22.7. The van der Waals surface area contributed by atoms with Gasteiger partial charge in [0.15, 0.2) is 9.84 Å². The first kappa shape index (κ1) is 15.0. The van der Waals surface area contributed by atoms with Crippen molar-refractivity contribution in [2.24, 2.45) is 5.41 Å². The van der Waals surface area contributed by atoms with Crippen LogP contribution in [0.1, 0.15) is 19.8 Å². The number of carbonyl (C=O) groups excluding carboxylic acids is 1. The summed E-state index contributed by atoms with van der Waals surface area (Å²) in [5, 5.41) is 6.05. The van der Waals surface area contributed by atoms with Crippen molar-refractivity contribution in [3.05, 3.63) is 24.3 Å². The summed E-state index contributed by atoms with van der Waals surface area (Å²) in [6.07, 6.45) is 2.72. The molecule has 1 aromatic rings. The molecule has 0 aliphatic carbocycles. The molecular weight excluding hydrogens is 276 g/mol. The van der Waals surface area contributed by atoms with E-state index < -0.39 is 9.84 Å². The second kappa shape index (κ2) is 5.54. The lowest BCUT2D eigenvalue weighted by molar-refractivity contribution is -0.124. The Morgan fingerprint density at radius 3 is 2.75 bits per heavy atom. The third-order valence-corrected chi connectivity index (χ3v) is 5.03. The zero-order valence-electron chi connectivity index (χ0n) is 11.8. The van der Waals surface area contributed by atoms with Gasteiger partial charge in [-0.15, -0.1) is 0 Å². The van der Waals surface area contributed by atoms with Gasteiger partial charge in [0.25, 0.3) is 0 Å². The van der Waals surface area contributed by atoms with Gasteiger partial charge in [0, 0.05) is 18.5 Å². The number of carbonyl (C=O) groups is 1. The number of hydrogen-bond donors (Lipinski definition) is 2. The van der Waals surface area contributed by atoms with Crippen LogP contribution < -0.4 is 10.6 Å². The van der Waals surface area contributed by atoms with E-state index in [-0.39, 0.29) is 16.2 Å². The van der Waals surface area contributed by atoms with E-state index >= 15 is 0 Å². The minimum absolute atomic E-state index is 0.0457. The lowest BCUT2D eigenvalue weighted by Gasteiger charge is -2.25. The van der Waals surface area contributed by atoms with Gasteiger partial charge in [-0.05, 0) is 37.6 Å². The van der Waals surface area contributed by atoms with Gasteiger partial charge in [-0.25, -0.2) is 8.42 Å². The summed E-state index contributed by atoms with van der Waals surface area (Å²) in [4.78, 5) is 12.6. The van der Waals surface area contributed by atoms with Crippen LogP contribution in [-0.2, 0) is 14.6 Å². The van der Waals surface area contributed by atoms with Crippen LogP contribution in [0.5, 0.6) is 0 Å². The average molecular weight is 296 g/mol. The molecule has 1 heterocycles. The Labute approximate surface area is 119 Å². The van der Waals surface area contributed by atoms with Crippen molar-refractivity contribution in [3.8, 4) is 0 Å². The van der Waals surface area contributed by atoms with Crippen molar-refractivity contribution in [3.63, 3.8) is 0 Å². The Morgan fingerprint density at radius 1 is 1.45 bits per heavy atom. The molecule has 6 heteroatoms. The highest BCUT2D eigenvalue weighted by atomic mass is 32.2. The molecule has 1 unspecified atom stereocenters. The number of anilines is 1. The first-order valence-corrected chi connectivity index (χ1v) is 8.59. The summed E-state index contributed by atoms with van der Waals surface area (Å²) in [5.74, 6) is -0.0457. The standard InChI is InChI=1S/C14H20N2O3S/c1-3-14(7-8-15-10-14)13(17)16-11-5-4-6-12(9-11)20(2,18)19/h4-6,9,15H,3,7-8,10H2,1-2H3,(H,16,17). The molecule has 20 heavy (non-hydrogen) atoms. The molecule has 0 radical (unpaired) electrons. The van der Waals surface area contributed by atoms with Crippen LogP contribution in [-0.4, -0.2) is 33.7 Å². The number of benzene rings is 1. The number of hydrogen-bond acceptors (Lipinski definition) is 4. The van der Waals surface area contributed by atoms with Crippen molar-refractivity contribution in [2.75, 3.05) is 24.7 Å². The largest absolute Gasteiger partial charge is 0.326 e. The van der Waals surface area contributed by atoms with E-state index in [4.69, 9.17) is 0 Å². The molecule has 5 nitrogen and oxygen atoms in total. The molecule has 1 amide bonds. The molecule has 2 N–H and O–H groups in total. The Balaban J connectivity index is 2.20. The third-order valence-electron chi connectivity index (χ3n) is 3.92. The molecule has 110 valence electrons. The first-order valence-electron chi connectivity index (χ1n) is 6.70. The summed E-state index contributed by atoms with van der Waals surface area (Å²) < 4.78 is 23.0. The smallest absolute Gasteiger partial charge is 0.231 e. The van der Waals surface area contributed by atoms with Crippen LogP contribution in [0.25, 0.3) is 0 Å². The van der Waals surface area contributed by atoms with E-state index in [9.17, 15) is 13.2 Å². The Kier molecular flexibility index (Phi) is 4.15. The van der Waals surface area contributed by atoms with E-state index in [1.54, 1.807) is 12.1 Å². The molecule has 1 aliphatic rings. The molecule has 1 aromatic carbocycles. The van der Waals surface area contributed by atoms with Crippen LogP contribution in [0, 0.1) is 5.41 Å². The highest BCUT2D eigenvalue weighted by Gasteiger charge is 2.39. The van der Waals surface area contributed by atoms with Crippen LogP contribution in [0.4, 0.5) is 5.69 Å². The highest BCUT2D eigenvalue weighted by molar-refractivity contribution is 7.90. The lowest BCUT2D eigenvalue weighted by atomic mass is 9.83. The van der Waals surface area contributed by atoms with Crippen molar-refractivity contribution in [1.29, 1.82) is 0 Å². The van der Waals surface area contributed by atoms with E-state index in [1.165, 1.54) is 12.1 Å². The maximum atomic E-state index is 12.4. The van der Waals surface area contributed by atoms with Gasteiger partial charge in [0.2, 0.25) is 5.91 Å². The van der Waals surface area contributed by atoms with Crippen molar-refractivity contribution in [2.45, 2.75) is 24.7 Å². The first-order chi connectivity index (χ1) is 9.37. The van der Waals surface area contributed by atoms with Gasteiger partial charge in [-0.1, -0.05) is 13.0 Å². The predicted molar refractivity (Wildman–Crippen MR) is 78.4 cm³/mol. The van der Waals surface area contributed by atoms with Crippen molar-refractivity contribution >= 4 is 21.4 Å². The molecule has 1 aliphatic heterocycles. The van der Waals surface area contributed by atoms with Crippen molar-refractivity contribution in [1.82, 2.24) is 5.32 Å². The van der Waals surface area contributed by atoms with E-state index in [2.05, 4.69) is 10.6 Å². The number of nitrogens with one attached hydrogen (secondary N) is 2. The topological polar surface area (TPSA) is 75.3 Å². The number of sulfone groups is 1. The second-order valence-electron chi connectivity index (χ2n) is 5.31. The van der Waals surface area contributed by atoms with E-state index in [1.807, 2.05) is 6.92 Å². The number of rotatable bonds is 4. The Hall–Kier alpha value is -1.40. The van der Waals surface area contributed by atoms with Gasteiger partial charge >= 0.3 is 0 Å². The summed E-state index contributed by atoms with van der Waals surface area (Å²) in [6, 6.07) is 6.37. The van der Waals surface area contributed by atoms with E-state index in [0.717, 1.165) is 25.6 Å². The SMILES string of the molecule is CCC1(C(=O)Nc2cccc(S(C)(=O)=O)c2)CCNC1. The van der Waals surface area contributed by atoms with Gasteiger partial charge < -0.3 is 10.6 Å². The fraction of sp³-hybridized carbons (Fsp3) is 0.500. The molecule has 2 rings (SSSR count). The quantitative estimate of drug-likeness (QED) is 0.881. The maximum Gasteiger partial charge on any atom is 0.231 e. The van der Waals surface area contributed by atoms with Crippen LogP contribution in [0.2, 0.25) is 0 Å². The van der Waals surface area contributed by atoms with E-state index in [0.29, 0.717) is 12.2 Å². The minimum Gasteiger partial charge on any atom is -0.326 e. The third kappa shape index (κ3) is 3.02. The summed E-state index contributed by atoms with van der Waals surface area (Å²) in [7, 11) is -3.26. The molecule has 1 fully saturated rings. The molecule has 0 aromatic heterocycles. The molecule has 1 atom stereocenters. The van der Waals surface area contributed by atoms with Gasteiger partial charge in [-0.2, -0.15) is 0 Å². The Morgan fingerprint density at radius 2 is 2.20 bits per heavy atom. The monoisotopic (exact) mass is 296 g/mol. The van der Waals surface area contributed by atoms with Gasteiger partial charge in [-0.3, -0.25) is 4.79 Å². The maximum absolute atomic E-state index is 12.4. The zero-order chi connectivity index (χ0) is 14.8. The molecule has 0 spiro atoms. The molecule has 0 saturated carbocycles. The predicted octanol–water partition coefficient (Wildman–Crippen LogP) is 1.42. The summed E-state index contributed by atoms with van der Waals surface area (Å²) >= 11 is 0. The van der Waals surface area contributed by atoms with Gasteiger partial charge in [0.05, 0.1) is 10.3 Å². The zero-order valence-corrected chi connectivity index (χ0v) is 12.6. The fourth-order valence-electron chi connectivity index (χ4n) is 2.47. The van der Waals surface area contributed by atoms with Crippen LogP contribution >= 0.6 is 0 Å². The molecule has 0 bridgehead atoms. The summed E-state index contributed by atoms with van der Waals surface area (Å²) in [5.41, 5.74) is 0.138. The molecule has 1 saturated heterocycles. The van der Waals surface area contributed by atoms with Crippen LogP contribution in [0.3, 0.4) is 0 Å². The Bertz CT molecular complexity index is 605. The average Bonchev–Trinajstić information content (AvgIpc) is 2.88. The molecular formula is C14H20N2O3S. The van der Waals surface area contributed by atoms with Gasteiger partial charge in [0.1, 0.15) is 0 Å².